The first-order valence-corrected chi connectivity index (χ1v) is 4.07. The van der Waals surface area contributed by atoms with Crippen molar-refractivity contribution in [1.29, 1.82) is 0 Å². The number of aryl methyl sites for hydroxylation is 2. The summed E-state index contributed by atoms with van der Waals surface area (Å²) >= 11 is 0. The largest absolute Gasteiger partial charge is 0.237 e. The Hall–Kier alpha value is -1.71. The number of rotatable bonds is 1. The minimum atomic E-state index is 0.755. The van der Waals surface area contributed by atoms with Crippen molar-refractivity contribution in [1.82, 2.24) is 19.7 Å². The van der Waals surface area contributed by atoms with Crippen LogP contribution < -0.4 is 0 Å². The fraction of sp³-hybridized carbons (Fsp3) is 0.222. The van der Waals surface area contributed by atoms with Crippen molar-refractivity contribution in [3.05, 3.63) is 36.0 Å². The molecule has 0 saturated carbocycles. The van der Waals surface area contributed by atoms with Gasteiger partial charge in [0.05, 0.1) is 0 Å². The van der Waals surface area contributed by atoms with Gasteiger partial charge in [0, 0.05) is 6.20 Å². The summed E-state index contributed by atoms with van der Waals surface area (Å²) in [5.41, 5.74) is 1.09. The van der Waals surface area contributed by atoms with Gasteiger partial charge >= 0.3 is 0 Å². The Balaban J connectivity index is 2.52. The molecule has 4 nitrogen and oxygen atoms in total. The maximum Gasteiger partial charge on any atom is 0.158 e. The van der Waals surface area contributed by atoms with E-state index >= 15 is 0 Å². The highest BCUT2D eigenvalue weighted by atomic mass is 15.4. The highest BCUT2D eigenvalue weighted by molar-refractivity contribution is 5.30. The molecule has 0 bridgehead atoms. The summed E-state index contributed by atoms with van der Waals surface area (Å²) in [5, 5.41) is 4.18. The van der Waals surface area contributed by atoms with E-state index in [1.54, 1.807) is 17.2 Å². The monoisotopic (exact) mass is 174 g/mol. The minimum Gasteiger partial charge on any atom is -0.237 e. The van der Waals surface area contributed by atoms with Crippen LogP contribution in [-0.2, 0) is 0 Å². The van der Waals surface area contributed by atoms with E-state index in [4.69, 9.17) is 0 Å². The number of hydrogen-bond acceptors (Lipinski definition) is 3. The molecule has 0 aromatic carbocycles. The first kappa shape index (κ1) is 7.91. The second-order valence-electron chi connectivity index (χ2n) is 2.88. The number of aromatic nitrogens is 4. The Morgan fingerprint density at radius 2 is 2.08 bits per heavy atom. The zero-order valence-electron chi connectivity index (χ0n) is 7.60. The van der Waals surface area contributed by atoms with Gasteiger partial charge in [-0.1, -0.05) is 6.07 Å². The Labute approximate surface area is 76.3 Å². The third-order valence-corrected chi connectivity index (χ3v) is 1.81. The second-order valence-corrected chi connectivity index (χ2v) is 2.88. The molecule has 0 aliphatic heterocycles. The molecule has 0 fully saturated rings. The van der Waals surface area contributed by atoms with E-state index in [2.05, 4.69) is 15.1 Å². The van der Waals surface area contributed by atoms with E-state index in [0.717, 1.165) is 17.2 Å². The Morgan fingerprint density at radius 1 is 1.23 bits per heavy atom. The summed E-state index contributed by atoms with van der Waals surface area (Å²) in [4.78, 5) is 8.27. The van der Waals surface area contributed by atoms with Crippen LogP contribution in [0.15, 0.2) is 24.7 Å². The number of pyridine rings is 1. The summed E-state index contributed by atoms with van der Waals surface area (Å²) in [5.74, 6) is 1.59. The van der Waals surface area contributed by atoms with Gasteiger partial charge in [0.15, 0.2) is 5.82 Å². The van der Waals surface area contributed by atoms with E-state index in [1.807, 2.05) is 26.0 Å². The van der Waals surface area contributed by atoms with Crippen molar-refractivity contribution >= 4 is 0 Å². The lowest BCUT2D eigenvalue weighted by Crippen LogP contribution is -2.00. The van der Waals surface area contributed by atoms with Gasteiger partial charge in [-0.05, 0) is 25.5 Å². The summed E-state index contributed by atoms with van der Waals surface area (Å²) in [6.07, 6.45) is 3.42. The van der Waals surface area contributed by atoms with Crippen molar-refractivity contribution < 1.29 is 0 Å². The average Bonchev–Trinajstić information content (AvgIpc) is 2.53. The van der Waals surface area contributed by atoms with Crippen LogP contribution in [0.2, 0.25) is 0 Å². The summed E-state index contributed by atoms with van der Waals surface area (Å²) in [7, 11) is 0. The molecular formula is C9H10N4. The third-order valence-electron chi connectivity index (χ3n) is 1.81. The molecule has 13 heavy (non-hydrogen) atoms. The lowest BCUT2D eigenvalue weighted by atomic mass is 10.3. The Morgan fingerprint density at radius 3 is 2.69 bits per heavy atom. The topological polar surface area (TPSA) is 43.6 Å². The Bertz CT molecular complexity index is 419. The standard InChI is InChI=1S/C9H10N4/c1-7-4-3-5-10-9(7)13-6-11-8(2)12-13/h3-6H,1-2H3. The SMILES string of the molecule is Cc1ncn(-c2ncccc2C)n1. The smallest absolute Gasteiger partial charge is 0.158 e. The van der Waals surface area contributed by atoms with Gasteiger partial charge in [0.1, 0.15) is 12.2 Å². The first-order valence-electron chi connectivity index (χ1n) is 4.07. The molecule has 2 rings (SSSR count). The van der Waals surface area contributed by atoms with E-state index in [0.29, 0.717) is 0 Å². The molecule has 0 aliphatic carbocycles. The lowest BCUT2D eigenvalue weighted by molar-refractivity contribution is 0.824. The highest BCUT2D eigenvalue weighted by Crippen LogP contribution is 2.07. The molecule has 0 unspecified atom stereocenters. The van der Waals surface area contributed by atoms with Crippen LogP contribution in [0.4, 0.5) is 0 Å². The number of nitrogens with zero attached hydrogens (tertiary/aromatic N) is 4. The second kappa shape index (κ2) is 2.97. The summed E-state index contributed by atoms with van der Waals surface area (Å²) < 4.78 is 1.69. The van der Waals surface area contributed by atoms with Gasteiger partial charge in [-0.25, -0.2) is 14.6 Å². The van der Waals surface area contributed by atoms with Crippen LogP contribution in [0, 0.1) is 13.8 Å². The molecule has 0 amide bonds. The molecule has 0 N–H and O–H groups in total. The fourth-order valence-electron chi connectivity index (χ4n) is 1.17. The van der Waals surface area contributed by atoms with Crippen LogP contribution >= 0.6 is 0 Å². The van der Waals surface area contributed by atoms with Crippen molar-refractivity contribution in [2.24, 2.45) is 0 Å². The summed E-state index contributed by atoms with van der Waals surface area (Å²) in [6, 6.07) is 3.90. The molecule has 2 aromatic rings. The third kappa shape index (κ3) is 1.42. The average molecular weight is 174 g/mol. The summed E-state index contributed by atoms with van der Waals surface area (Å²) in [6.45, 7) is 3.86. The van der Waals surface area contributed by atoms with E-state index in [9.17, 15) is 0 Å². The molecule has 0 radical (unpaired) electrons. The molecular weight excluding hydrogens is 164 g/mol. The maximum atomic E-state index is 4.22. The molecule has 66 valence electrons. The van der Waals surface area contributed by atoms with Crippen molar-refractivity contribution in [3.63, 3.8) is 0 Å². The molecule has 0 aliphatic rings. The van der Waals surface area contributed by atoms with Gasteiger partial charge < -0.3 is 0 Å². The van der Waals surface area contributed by atoms with E-state index < -0.39 is 0 Å². The van der Waals surface area contributed by atoms with Crippen LogP contribution in [0.1, 0.15) is 11.4 Å². The van der Waals surface area contributed by atoms with Gasteiger partial charge in [-0.3, -0.25) is 0 Å². The lowest BCUT2D eigenvalue weighted by Gasteiger charge is -2.01. The van der Waals surface area contributed by atoms with Gasteiger partial charge in [-0.2, -0.15) is 5.10 Å². The van der Waals surface area contributed by atoms with E-state index in [1.165, 1.54) is 0 Å². The quantitative estimate of drug-likeness (QED) is 0.654. The molecule has 2 aromatic heterocycles. The van der Waals surface area contributed by atoms with E-state index in [-0.39, 0.29) is 0 Å². The molecule has 4 heteroatoms. The fourth-order valence-corrected chi connectivity index (χ4v) is 1.17. The zero-order valence-corrected chi connectivity index (χ0v) is 7.60. The van der Waals surface area contributed by atoms with Gasteiger partial charge in [0.25, 0.3) is 0 Å². The molecule has 2 heterocycles. The van der Waals surface area contributed by atoms with Gasteiger partial charge in [0.2, 0.25) is 0 Å². The molecule has 0 saturated heterocycles. The predicted octanol–water partition coefficient (Wildman–Crippen LogP) is 1.28. The minimum absolute atomic E-state index is 0.755. The maximum absolute atomic E-state index is 4.22. The highest BCUT2D eigenvalue weighted by Gasteiger charge is 2.02. The van der Waals surface area contributed by atoms with Crippen LogP contribution in [0.3, 0.4) is 0 Å². The van der Waals surface area contributed by atoms with Crippen LogP contribution in [0.5, 0.6) is 0 Å². The van der Waals surface area contributed by atoms with Crippen molar-refractivity contribution in [2.75, 3.05) is 0 Å². The van der Waals surface area contributed by atoms with Crippen LogP contribution in [-0.4, -0.2) is 19.7 Å². The number of hydrogen-bond donors (Lipinski definition) is 0. The molecule has 0 spiro atoms. The van der Waals surface area contributed by atoms with Crippen molar-refractivity contribution in [2.45, 2.75) is 13.8 Å². The van der Waals surface area contributed by atoms with Crippen molar-refractivity contribution in [3.8, 4) is 5.82 Å². The van der Waals surface area contributed by atoms with Crippen LogP contribution in [0.25, 0.3) is 5.82 Å². The predicted molar refractivity (Wildman–Crippen MR) is 48.6 cm³/mol. The molecule has 0 atom stereocenters. The first-order chi connectivity index (χ1) is 6.27. The van der Waals surface area contributed by atoms with Gasteiger partial charge in [-0.15, -0.1) is 0 Å². The zero-order chi connectivity index (χ0) is 9.26. The Kier molecular flexibility index (Phi) is 1.81. The normalized spacial score (nSPS) is 10.3.